The number of sulfonamides is 1. The van der Waals surface area contributed by atoms with Crippen LogP contribution in [0.4, 0.5) is 5.69 Å². The van der Waals surface area contributed by atoms with Crippen molar-refractivity contribution in [3.63, 3.8) is 0 Å². The average Bonchev–Trinajstić information content (AvgIpc) is 2.55. The van der Waals surface area contributed by atoms with Crippen molar-refractivity contribution in [2.24, 2.45) is 0 Å². The lowest BCUT2D eigenvalue weighted by molar-refractivity contribution is -0.116. The summed E-state index contributed by atoms with van der Waals surface area (Å²) in [7, 11) is -0.611. The number of nitrogens with one attached hydrogen (secondary N) is 1. The fraction of sp³-hybridized carbons (Fsp3) is 0.278. The third kappa shape index (κ3) is 4.81. The van der Waals surface area contributed by atoms with Gasteiger partial charge in [-0.15, -0.1) is 0 Å². The highest BCUT2D eigenvalue weighted by molar-refractivity contribution is 7.89. The van der Waals surface area contributed by atoms with E-state index in [0.29, 0.717) is 22.7 Å². The Balaban J connectivity index is 2.10. The molecule has 0 spiro atoms. The van der Waals surface area contributed by atoms with Crippen LogP contribution >= 0.6 is 11.6 Å². The first kappa shape index (κ1) is 19.4. The minimum Gasteiger partial charge on any atom is -0.326 e. The highest BCUT2D eigenvalue weighted by atomic mass is 35.5. The van der Waals surface area contributed by atoms with Crippen LogP contribution in [0.5, 0.6) is 0 Å². The molecule has 0 aliphatic heterocycles. The zero-order valence-electron chi connectivity index (χ0n) is 14.4. The molecule has 0 unspecified atom stereocenters. The predicted octanol–water partition coefficient (Wildman–Crippen LogP) is 3.47. The average molecular weight is 381 g/mol. The van der Waals surface area contributed by atoms with Gasteiger partial charge in [0.05, 0.1) is 4.90 Å². The Kier molecular flexibility index (Phi) is 6.21. The predicted molar refractivity (Wildman–Crippen MR) is 100 cm³/mol. The topological polar surface area (TPSA) is 66.5 Å². The Bertz CT molecular complexity index is 880. The summed E-state index contributed by atoms with van der Waals surface area (Å²) in [4.78, 5) is 12.3. The summed E-state index contributed by atoms with van der Waals surface area (Å²) in [6.07, 6.45) is 0.771. The first-order valence-corrected chi connectivity index (χ1v) is 9.60. The van der Waals surface area contributed by atoms with E-state index in [1.807, 2.05) is 18.2 Å². The lowest BCUT2D eigenvalue weighted by Gasteiger charge is -2.15. The molecule has 2 aromatic rings. The molecule has 0 saturated heterocycles. The van der Waals surface area contributed by atoms with Gasteiger partial charge in [0, 0.05) is 31.2 Å². The number of anilines is 1. The summed E-state index contributed by atoms with van der Waals surface area (Å²) in [5.41, 5.74) is 1.98. The molecule has 25 heavy (non-hydrogen) atoms. The smallest absolute Gasteiger partial charge is 0.242 e. The van der Waals surface area contributed by atoms with E-state index < -0.39 is 10.0 Å². The van der Waals surface area contributed by atoms with Gasteiger partial charge in [-0.05, 0) is 42.7 Å². The molecule has 0 radical (unpaired) electrons. The van der Waals surface area contributed by atoms with E-state index in [0.717, 1.165) is 9.87 Å². The van der Waals surface area contributed by atoms with Crippen LogP contribution in [0.15, 0.2) is 47.4 Å². The van der Waals surface area contributed by atoms with Gasteiger partial charge < -0.3 is 5.32 Å². The zero-order valence-corrected chi connectivity index (χ0v) is 16.0. The summed E-state index contributed by atoms with van der Waals surface area (Å²) in [6.45, 7) is 1.72. The van der Waals surface area contributed by atoms with Gasteiger partial charge in [0.15, 0.2) is 0 Å². The minimum atomic E-state index is -3.56. The SMILES string of the molecule is Cc1ccc(NC(=O)CCc2ccccc2Cl)cc1S(=O)(=O)N(C)C. The number of carbonyl (C=O) groups is 1. The number of hydrogen-bond acceptors (Lipinski definition) is 3. The molecule has 0 aliphatic carbocycles. The van der Waals surface area contributed by atoms with Crippen molar-refractivity contribution in [3.8, 4) is 0 Å². The highest BCUT2D eigenvalue weighted by Gasteiger charge is 2.20. The van der Waals surface area contributed by atoms with Gasteiger partial charge in [0.2, 0.25) is 15.9 Å². The largest absolute Gasteiger partial charge is 0.326 e. The molecule has 0 aromatic heterocycles. The number of benzene rings is 2. The third-order valence-electron chi connectivity index (χ3n) is 3.81. The van der Waals surface area contributed by atoms with Crippen LogP contribution in [0.3, 0.4) is 0 Å². The van der Waals surface area contributed by atoms with Gasteiger partial charge >= 0.3 is 0 Å². The zero-order chi connectivity index (χ0) is 18.6. The van der Waals surface area contributed by atoms with Crippen molar-refractivity contribution in [1.29, 1.82) is 0 Å². The molecule has 1 N–H and O–H groups in total. The molecule has 0 saturated carbocycles. The summed E-state index contributed by atoms with van der Waals surface area (Å²) < 4.78 is 25.8. The van der Waals surface area contributed by atoms with E-state index >= 15 is 0 Å². The Morgan fingerprint density at radius 3 is 2.48 bits per heavy atom. The van der Waals surface area contributed by atoms with Crippen LogP contribution in [0.25, 0.3) is 0 Å². The molecule has 5 nitrogen and oxygen atoms in total. The van der Waals surface area contributed by atoms with Gasteiger partial charge in [0.25, 0.3) is 0 Å². The molecule has 0 bridgehead atoms. The lowest BCUT2D eigenvalue weighted by atomic mass is 10.1. The van der Waals surface area contributed by atoms with Crippen molar-refractivity contribution >= 4 is 33.2 Å². The first-order chi connectivity index (χ1) is 11.7. The van der Waals surface area contributed by atoms with Gasteiger partial charge in [-0.2, -0.15) is 0 Å². The Morgan fingerprint density at radius 1 is 1.16 bits per heavy atom. The van der Waals surface area contributed by atoms with Gasteiger partial charge in [0.1, 0.15) is 0 Å². The van der Waals surface area contributed by atoms with Crippen LogP contribution < -0.4 is 5.32 Å². The second-order valence-corrected chi connectivity index (χ2v) is 8.43. The van der Waals surface area contributed by atoms with Crippen molar-refractivity contribution < 1.29 is 13.2 Å². The molecule has 0 atom stereocenters. The molecule has 0 aliphatic rings. The quantitative estimate of drug-likeness (QED) is 0.834. The van der Waals surface area contributed by atoms with Crippen molar-refractivity contribution in [1.82, 2.24) is 4.31 Å². The van der Waals surface area contributed by atoms with E-state index in [2.05, 4.69) is 5.32 Å². The van der Waals surface area contributed by atoms with Gasteiger partial charge in [-0.25, -0.2) is 12.7 Å². The first-order valence-electron chi connectivity index (χ1n) is 7.78. The normalized spacial score (nSPS) is 11.6. The molecule has 2 rings (SSSR count). The van der Waals surface area contributed by atoms with E-state index in [4.69, 9.17) is 11.6 Å². The maximum absolute atomic E-state index is 12.3. The maximum Gasteiger partial charge on any atom is 0.242 e. The molecule has 134 valence electrons. The van der Waals surface area contributed by atoms with Crippen LogP contribution in [-0.2, 0) is 21.2 Å². The number of hydrogen-bond donors (Lipinski definition) is 1. The second kappa shape index (κ2) is 7.99. The van der Waals surface area contributed by atoms with E-state index in [-0.39, 0.29) is 17.2 Å². The summed E-state index contributed by atoms with van der Waals surface area (Å²) in [5, 5.41) is 3.37. The summed E-state index contributed by atoms with van der Waals surface area (Å²) in [6, 6.07) is 12.2. The van der Waals surface area contributed by atoms with Crippen LogP contribution in [-0.4, -0.2) is 32.7 Å². The number of aryl methyl sites for hydroxylation is 2. The Morgan fingerprint density at radius 2 is 1.84 bits per heavy atom. The molecular weight excluding hydrogens is 360 g/mol. The lowest BCUT2D eigenvalue weighted by Crippen LogP contribution is -2.23. The van der Waals surface area contributed by atoms with E-state index in [1.54, 1.807) is 25.1 Å². The second-order valence-electron chi connectivity index (χ2n) is 5.91. The number of amides is 1. The molecular formula is C18H21ClN2O3S. The van der Waals surface area contributed by atoms with Crippen molar-refractivity contribution in [2.45, 2.75) is 24.7 Å². The highest BCUT2D eigenvalue weighted by Crippen LogP contribution is 2.23. The summed E-state index contributed by atoms with van der Waals surface area (Å²) in [5.74, 6) is -0.197. The van der Waals surface area contributed by atoms with Crippen molar-refractivity contribution in [3.05, 3.63) is 58.6 Å². The molecule has 1 amide bonds. The standard InChI is InChI=1S/C18H21ClN2O3S/c1-13-8-10-15(12-17(13)25(23,24)21(2)3)20-18(22)11-9-14-6-4-5-7-16(14)19/h4-8,10,12H,9,11H2,1-3H3,(H,20,22). The minimum absolute atomic E-state index is 0.182. The number of nitrogens with zero attached hydrogens (tertiary/aromatic N) is 1. The van der Waals surface area contributed by atoms with Gasteiger partial charge in [-0.1, -0.05) is 35.9 Å². The van der Waals surface area contributed by atoms with Crippen molar-refractivity contribution in [2.75, 3.05) is 19.4 Å². The Hall–Kier alpha value is -1.89. The molecule has 2 aromatic carbocycles. The van der Waals surface area contributed by atoms with E-state index in [9.17, 15) is 13.2 Å². The van der Waals surface area contributed by atoms with Crippen LogP contribution in [0.1, 0.15) is 17.5 Å². The number of halogens is 1. The third-order valence-corrected chi connectivity index (χ3v) is 6.14. The molecule has 7 heteroatoms. The fourth-order valence-corrected chi connectivity index (χ4v) is 3.70. The number of carbonyl (C=O) groups excluding carboxylic acids is 1. The molecule has 0 heterocycles. The van der Waals surface area contributed by atoms with Crippen LogP contribution in [0, 0.1) is 6.92 Å². The number of rotatable bonds is 6. The van der Waals surface area contributed by atoms with Gasteiger partial charge in [-0.3, -0.25) is 4.79 Å². The maximum atomic E-state index is 12.3. The summed E-state index contributed by atoms with van der Waals surface area (Å²) >= 11 is 6.08. The van der Waals surface area contributed by atoms with Crippen LogP contribution in [0.2, 0.25) is 5.02 Å². The van der Waals surface area contributed by atoms with E-state index in [1.165, 1.54) is 20.2 Å². The fourth-order valence-electron chi connectivity index (χ4n) is 2.33. The monoisotopic (exact) mass is 380 g/mol. The molecule has 0 fully saturated rings. The Labute approximate surface area is 153 Å².